The van der Waals surface area contributed by atoms with Gasteiger partial charge in [0.05, 0.1) is 6.54 Å². The van der Waals surface area contributed by atoms with Crippen molar-refractivity contribution in [3.63, 3.8) is 0 Å². The average molecular weight is 272 g/mol. The summed E-state index contributed by atoms with van der Waals surface area (Å²) in [5, 5.41) is 14.4. The molecule has 0 aromatic heterocycles. The number of rotatable bonds is 4. The minimum Gasteiger partial charge on any atom is -0.409 e. The lowest BCUT2D eigenvalue weighted by Crippen LogP contribution is -2.30. The van der Waals surface area contributed by atoms with Gasteiger partial charge < -0.3 is 16.3 Å². The Morgan fingerprint density at radius 1 is 1.53 bits per heavy atom. The molecule has 0 bridgehead atoms. The summed E-state index contributed by atoms with van der Waals surface area (Å²) >= 11 is 3.38. The van der Waals surface area contributed by atoms with Crippen molar-refractivity contribution < 1.29 is 5.21 Å². The second-order valence-electron chi connectivity index (χ2n) is 3.25. The molecule has 4 nitrogen and oxygen atoms in total. The van der Waals surface area contributed by atoms with Crippen LogP contribution in [-0.2, 0) is 0 Å². The van der Waals surface area contributed by atoms with Gasteiger partial charge in [0.15, 0.2) is 5.84 Å². The van der Waals surface area contributed by atoms with Crippen LogP contribution in [0.15, 0.2) is 33.9 Å². The molecule has 1 rings (SSSR count). The van der Waals surface area contributed by atoms with Crippen LogP contribution in [0.2, 0.25) is 0 Å². The van der Waals surface area contributed by atoms with Gasteiger partial charge in [0.2, 0.25) is 0 Å². The first kappa shape index (κ1) is 12.0. The highest BCUT2D eigenvalue weighted by Gasteiger charge is 2.04. The molecule has 0 aliphatic heterocycles. The molecule has 0 radical (unpaired) electrons. The third kappa shape index (κ3) is 3.89. The number of benzene rings is 1. The Labute approximate surface area is 97.3 Å². The number of halogens is 1. The fourth-order valence-electron chi connectivity index (χ4n) is 1.16. The summed E-state index contributed by atoms with van der Waals surface area (Å²) in [7, 11) is 0. The van der Waals surface area contributed by atoms with E-state index in [0.717, 1.165) is 10.0 Å². The van der Waals surface area contributed by atoms with Crippen LogP contribution in [-0.4, -0.2) is 17.6 Å². The van der Waals surface area contributed by atoms with E-state index < -0.39 is 0 Å². The van der Waals surface area contributed by atoms with Gasteiger partial charge in [0.25, 0.3) is 0 Å². The van der Waals surface area contributed by atoms with Crippen molar-refractivity contribution >= 4 is 21.8 Å². The van der Waals surface area contributed by atoms with Crippen LogP contribution in [0.25, 0.3) is 0 Å². The minimum atomic E-state index is 0.165. The molecule has 4 N–H and O–H groups in total. The van der Waals surface area contributed by atoms with Gasteiger partial charge in [-0.2, -0.15) is 0 Å². The van der Waals surface area contributed by atoms with Crippen molar-refractivity contribution in [3.05, 3.63) is 34.3 Å². The molecule has 0 saturated heterocycles. The summed E-state index contributed by atoms with van der Waals surface area (Å²) < 4.78 is 1.05. The normalized spacial score (nSPS) is 13.9. The van der Waals surface area contributed by atoms with Crippen LogP contribution >= 0.6 is 15.9 Å². The quantitative estimate of drug-likeness (QED) is 0.339. The largest absolute Gasteiger partial charge is 0.409 e. The van der Waals surface area contributed by atoms with E-state index in [9.17, 15) is 0 Å². The summed E-state index contributed by atoms with van der Waals surface area (Å²) in [6.07, 6.45) is 0. The van der Waals surface area contributed by atoms with Crippen LogP contribution in [0.5, 0.6) is 0 Å². The number of hydrogen-bond acceptors (Lipinski definition) is 3. The topological polar surface area (TPSA) is 70.6 Å². The molecule has 0 amide bonds. The number of oxime groups is 1. The van der Waals surface area contributed by atoms with Crippen LogP contribution in [0.4, 0.5) is 0 Å². The van der Waals surface area contributed by atoms with Crippen molar-refractivity contribution in [2.45, 2.75) is 13.0 Å². The van der Waals surface area contributed by atoms with E-state index in [4.69, 9.17) is 10.9 Å². The van der Waals surface area contributed by atoms with E-state index in [0.29, 0.717) is 6.54 Å². The molecule has 1 aromatic carbocycles. The fourth-order valence-corrected chi connectivity index (χ4v) is 1.43. The maximum atomic E-state index is 8.37. The lowest BCUT2D eigenvalue weighted by molar-refractivity contribution is 0.316. The van der Waals surface area contributed by atoms with Crippen molar-refractivity contribution in [3.8, 4) is 0 Å². The molecule has 82 valence electrons. The number of nitrogens with zero attached hydrogens (tertiary/aromatic N) is 1. The molecular weight excluding hydrogens is 258 g/mol. The molecule has 1 aromatic rings. The predicted molar refractivity (Wildman–Crippen MR) is 64.0 cm³/mol. The van der Waals surface area contributed by atoms with Gasteiger partial charge in [-0.05, 0) is 24.6 Å². The predicted octanol–water partition coefficient (Wildman–Crippen LogP) is 1.85. The molecule has 0 aliphatic rings. The maximum absolute atomic E-state index is 8.37. The number of nitrogens with two attached hydrogens (primary N) is 1. The minimum absolute atomic E-state index is 0.165. The Balaban J connectivity index is 2.53. The Kier molecular flexibility index (Phi) is 4.58. The molecule has 0 fully saturated rings. The molecule has 0 unspecified atom stereocenters. The Morgan fingerprint density at radius 2 is 2.13 bits per heavy atom. The van der Waals surface area contributed by atoms with Crippen molar-refractivity contribution in [2.24, 2.45) is 10.9 Å². The number of nitrogens with one attached hydrogen (secondary N) is 1. The lowest BCUT2D eigenvalue weighted by atomic mass is 10.1. The average Bonchev–Trinajstić information content (AvgIpc) is 2.26. The second-order valence-corrected chi connectivity index (χ2v) is 4.16. The highest BCUT2D eigenvalue weighted by atomic mass is 79.9. The van der Waals surface area contributed by atoms with Gasteiger partial charge in [-0.1, -0.05) is 33.2 Å². The smallest absolute Gasteiger partial charge is 0.153 e. The molecule has 0 saturated carbocycles. The van der Waals surface area contributed by atoms with Crippen molar-refractivity contribution in [1.82, 2.24) is 5.32 Å². The Morgan fingerprint density at radius 3 is 2.67 bits per heavy atom. The van der Waals surface area contributed by atoms with Gasteiger partial charge in [0.1, 0.15) is 0 Å². The maximum Gasteiger partial charge on any atom is 0.153 e. The van der Waals surface area contributed by atoms with E-state index in [1.54, 1.807) is 0 Å². The number of amidine groups is 1. The van der Waals surface area contributed by atoms with E-state index in [1.807, 2.05) is 31.2 Å². The first-order valence-electron chi connectivity index (χ1n) is 4.58. The summed E-state index contributed by atoms with van der Waals surface area (Å²) in [6.45, 7) is 2.39. The Hall–Kier alpha value is -1.07. The summed E-state index contributed by atoms with van der Waals surface area (Å²) in [5.41, 5.74) is 6.51. The van der Waals surface area contributed by atoms with E-state index >= 15 is 0 Å². The van der Waals surface area contributed by atoms with Crippen LogP contribution in [0, 0.1) is 0 Å². The van der Waals surface area contributed by atoms with E-state index in [-0.39, 0.29) is 11.9 Å². The summed E-state index contributed by atoms with van der Waals surface area (Å²) in [6, 6.07) is 8.18. The van der Waals surface area contributed by atoms with Gasteiger partial charge in [0, 0.05) is 10.5 Å². The van der Waals surface area contributed by atoms with Gasteiger partial charge >= 0.3 is 0 Å². The van der Waals surface area contributed by atoms with E-state index in [1.165, 1.54) is 0 Å². The fraction of sp³-hybridized carbons (Fsp3) is 0.300. The van der Waals surface area contributed by atoms with Gasteiger partial charge in [-0.3, -0.25) is 0 Å². The SMILES string of the molecule is C[C@H](NC/C(N)=N/O)c1ccc(Br)cc1. The van der Waals surface area contributed by atoms with Crippen LogP contribution in [0.3, 0.4) is 0 Å². The standard InChI is InChI=1S/C10H14BrN3O/c1-7(13-6-10(12)14-15)8-2-4-9(11)5-3-8/h2-5,7,13,15H,6H2,1H3,(H2,12,14)/t7-/m0/s1. The zero-order valence-corrected chi connectivity index (χ0v) is 10.0. The lowest BCUT2D eigenvalue weighted by Gasteiger charge is -2.13. The molecule has 0 aliphatic carbocycles. The zero-order valence-electron chi connectivity index (χ0n) is 8.44. The first-order chi connectivity index (χ1) is 7.13. The third-order valence-corrected chi connectivity index (χ3v) is 2.62. The van der Waals surface area contributed by atoms with Gasteiger partial charge in [-0.25, -0.2) is 0 Å². The zero-order chi connectivity index (χ0) is 11.3. The van der Waals surface area contributed by atoms with Crippen LogP contribution in [0.1, 0.15) is 18.5 Å². The van der Waals surface area contributed by atoms with Gasteiger partial charge in [-0.15, -0.1) is 0 Å². The van der Waals surface area contributed by atoms with Crippen molar-refractivity contribution in [1.29, 1.82) is 0 Å². The summed E-state index contributed by atoms with van der Waals surface area (Å²) in [5.74, 6) is 0.180. The highest BCUT2D eigenvalue weighted by molar-refractivity contribution is 9.10. The number of hydrogen-bond donors (Lipinski definition) is 3. The summed E-state index contributed by atoms with van der Waals surface area (Å²) in [4.78, 5) is 0. The first-order valence-corrected chi connectivity index (χ1v) is 5.38. The van der Waals surface area contributed by atoms with E-state index in [2.05, 4.69) is 26.4 Å². The monoisotopic (exact) mass is 271 g/mol. The highest BCUT2D eigenvalue weighted by Crippen LogP contribution is 2.15. The molecule has 0 heterocycles. The van der Waals surface area contributed by atoms with Crippen LogP contribution < -0.4 is 11.1 Å². The third-order valence-electron chi connectivity index (χ3n) is 2.09. The van der Waals surface area contributed by atoms with Crippen molar-refractivity contribution in [2.75, 3.05) is 6.54 Å². The Bertz CT molecular complexity index is 337. The second kappa shape index (κ2) is 5.72. The molecule has 5 heteroatoms. The molecule has 1 atom stereocenters. The molecular formula is C10H14BrN3O. The molecule has 15 heavy (non-hydrogen) atoms. The molecule has 0 spiro atoms.